The van der Waals surface area contributed by atoms with E-state index < -0.39 is 15.9 Å². The molecule has 0 fully saturated rings. The Hall–Kier alpha value is -4.16. The van der Waals surface area contributed by atoms with Gasteiger partial charge in [-0.1, -0.05) is 32.9 Å². The molecule has 12 heteroatoms. The average molecular weight is 595 g/mol. The lowest BCUT2D eigenvalue weighted by Crippen LogP contribution is -2.19. The number of aryl methyl sites for hydroxylation is 1. The van der Waals surface area contributed by atoms with E-state index in [1.807, 2.05) is 53.1 Å². The number of likely N-dealkylation sites (N-methyl/N-ethyl adjacent to an activating group) is 1. The Labute approximate surface area is 246 Å². The van der Waals surface area contributed by atoms with Gasteiger partial charge in [0.1, 0.15) is 11.5 Å². The van der Waals surface area contributed by atoms with E-state index in [0.717, 1.165) is 23.8 Å². The fourth-order valence-corrected chi connectivity index (χ4v) is 5.06. The van der Waals surface area contributed by atoms with Gasteiger partial charge in [0.05, 0.1) is 30.3 Å². The number of nitrogens with zero attached hydrogens (tertiary/aromatic N) is 4. The second-order valence-corrected chi connectivity index (χ2v) is 13.2. The van der Waals surface area contributed by atoms with Crippen molar-refractivity contribution in [3.8, 4) is 17.4 Å². The molecule has 42 heavy (non-hydrogen) atoms. The number of para-hydroxylation sites is 1. The molecule has 0 saturated carbocycles. The van der Waals surface area contributed by atoms with E-state index in [0.29, 0.717) is 40.8 Å². The highest BCUT2D eigenvalue weighted by Gasteiger charge is 2.24. The predicted octanol–water partition coefficient (Wildman–Crippen LogP) is 4.79. The van der Waals surface area contributed by atoms with E-state index in [1.54, 1.807) is 42.1 Å². The van der Waals surface area contributed by atoms with Gasteiger partial charge in [0.2, 0.25) is 15.9 Å². The number of carbonyl (C=O) groups is 1. The van der Waals surface area contributed by atoms with Gasteiger partial charge < -0.3 is 24.3 Å². The number of anilines is 2. The second kappa shape index (κ2) is 12.0. The summed E-state index contributed by atoms with van der Waals surface area (Å²) >= 11 is 0. The average Bonchev–Trinajstić information content (AvgIpc) is 3.23. The molecule has 0 unspecified atom stereocenters. The van der Waals surface area contributed by atoms with Crippen LogP contribution in [0, 0.1) is 0 Å². The van der Waals surface area contributed by atoms with Crippen LogP contribution in [0.3, 0.4) is 0 Å². The molecule has 2 aromatic heterocycles. The summed E-state index contributed by atoms with van der Waals surface area (Å²) in [4.78, 5) is 24.6. The molecular formula is C30H38N6O5S. The maximum atomic E-state index is 13.7. The molecule has 1 amide bonds. The van der Waals surface area contributed by atoms with E-state index >= 15 is 0 Å². The minimum absolute atomic E-state index is 0.207. The lowest BCUT2D eigenvalue weighted by atomic mass is 9.86. The fraction of sp³-hybridized carbons (Fsp3) is 0.367. The van der Waals surface area contributed by atoms with Crippen LogP contribution in [0.2, 0.25) is 0 Å². The molecule has 224 valence electrons. The maximum Gasteiger partial charge on any atom is 0.272 e. The van der Waals surface area contributed by atoms with Crippen LogP contribution >= 0.6 is 0 Å². The maximum absolute atomic E-state index is 13.7. The molecule has 0 saturated heterocycles. The largest absolute Gasteiger partial charge is 0.492 e. The normalized spacial score (nSPS) is 12.0. The third-order valence-corrected chi connectivity index (χ3v) is 7.22. The van der Waals surface area contributed by atoms with Crippen molar-refractivity contribution in [3.63, 3.8) is 0 Å². The minimum atomic E-state index is -3.61. The summed E-state index contributed by atoms with van der Waals surface area (Å²) in [5, 5.41) is 3.74. The van der Waals surface area contributed by atoms with Gasteiger partial charge in [-0.05, 0) is 49.3 Å². The van der Waals surface area contributed by atoms with E-state index in [4.69, 9.17) is 9.47 Å². The Morgan fingerprint density at radius 1 is 1.10 bits per heavy atom. The number of carbonyl (C=O) groups excluding carboxylic acids is 1. The summed E-state index contributed by atoms with van der Waals surface area (Å²) in [6, 6.07) is 12.6. The summed E-state index contributed by atoms with van der Waals surface area (Å²) < 4.78 is 40.2. The van der Waals surface area contributed by atoms with Crippen molar-refractivity contribution in [1.82, 2.24) is 19.4 Å². The van der Waals surface area contributed by atoms with Gasteiger partial charge in [0.25, 0.3) is 5.91 Å². The fourth-order valence-electron chi connectivity index (χ4n) is 4.51. The number of rotatable bonds is 10. The SMILES string of the molecule is COc1c(NC(=O)c2cc3cccc(Oc4ccnc(CCN(C)C)n4)c3n2C)cc(C(C)(C)C)cc1NS(C)(=O)=O. The zero-order valence-corrected chi connectivity index (χ0v) is 26.1. The lowest BCUT2D eigenvalue weighted by molar-refractivity contribution is 0.101. The first kappa shape index (κ1) is 30.8. The summed E-state index contributed by atoms with van der Waals surface area (Å²) in [6.07, 6.45) is 3.42. The van der Waals surface area contributed by atoms with Gasteiger partial charge in [0, 0.05) is 37.7 Å². The zero-order valence-electron chi connectivity index (χ0n) is 25.3. The van der Waals surface area contributed by atoms with E-state index in [1.165, 1.54) is 7.11 Å². The molecule has 2 N–H and O–H groups in total. The van der Waals surface area contributed by atoms with Crippen LogP contribution in [0.5, 0.6) is 17.4 Å². The molecule has 0 bridgehead atoms. The molecule has 4 rings (SSSR count). The number of ether oxygens (including phenoxy) is 2. The van der Waals surface area contributed by atoms with Crippen LogP contribution in [-0.2, 0) is 28.9 Å². The summed E-state index contributed by atoms with van der Waals surface area (Å²) in [7, 11) is 3.59. The highest BCUT2D eigenvalue weighted by atomic mass is 32.2. The number of methoxy groups -OCH3 is 1. The number of fused-ring (bicyclic) bond motifs is 1. The first-order valence-electron chi connectivity index (χ1n) is 13.4. The van der Waals surface area contributed by atoms with Crippen LogP contribution in [-0.4, -0.2) is 67.8 Å². The molecule has 0 radical (unpaired) electrons. The number of benzene rings is 2. The number of nitrogens with one attached hydrogen (secondary N) is 2. The number of sulfonamides is 1. The zero-order chi connectivity index (χ0) is 30.8. The van der Waals surface area contributed by atoms with E-state index in [-0.39, 0.29) is 16.9 Å². The Kier molecular flexibility index (Phi) is 8.79. The Bertz CT molecular complexity index is 1720. The van der Waals surface area contributed by atoms with Gasteiger partial charge in [-0.15, -0.1) is 0 Å². The van der Waals surface area contributed by atoms with Crippen molar-refractivity contribution in [2.45, 2.75) is 32.6 Å². The van der Waals surface area contributed by atoms with Crippen molar-refractivity contribution in [1.29, 1.82) is 0 Å². The monoisotopic (exact) mass is 594 g/mol. The van der Waals surface area contributed by atoms with E-state index in [2.05, 4.69) is 24.9 Å². The second-order valence-electron chi connectivity index (χ2n) is 11.4. The number of aromatic nitrogens is 3. The Morgan fingerprint density at radius 2 is 1.81 bits per heavy atom. The molecule has 0 aliphatic heterocycles. The lowest BCUT2D eigenvalue weighted by Gasteiger charge is -2.24. The number of hydrogen-bond acceptors (Lipinski definition) is 8. The summed E-state index contributed by atoms with van der Waals surface area (Å²) in [6.45, 7) is 6.81. The van der Waals surface area contributed by atoms with Gasteiger partial charge in [0.15, 0.2) is 11.5 Å². The molecule has 0 aliphatic carbocycles. The molecule has 2 aromatic carbocycles. The van der Waals surface area contributed by atoms with Crippen molar-refractivity contribution < 1.29 is 22.7 Å². The predicted molar refractivity (Wildman–Crippen MR) is 165 cm³/mol. The van der Waals surface area contributed by atoms with Gasteiger partial charge >= 0.3 is 0 Å². The van der Waals surface area contributed by atoms with Gasteiger partial charge in [-0.3, -0.25) is 9.52 Å². The third kappa shape index (κ3) is 7.18. The quantitative estimate of drug-likeness (QED) is 0.268. The highest BCUT2D eigenvalue weighted by Crippen LogP contribution is 2.39. The molecule has 2 heterocycles. The van der Waals surface area contributed by atoms with Gasteiger partial charge in [-0.25, -0.2) is 13.4 Å². The van der Waals surface area contributed by atoms with Crippen LogP contribution in [0.1, 0.15) is 42.6 Å². The van der Waals surface area contributed by atoms with Crippen LogP contribution in [0.25, 0.3) is 10.9 Å². The Balaban J connectivity index is 1.70. The summed E-state index contributed by atoms with van der Waals surface area (Å²) in [5.74, 6) is 1.43. The van der Waals surface area contributed by atoms with E-state index in [9.17, 15) is 13.2 Å². The van der Waals surface area contributed by atoms with Crippen molar-refractivity contribution >= 4 is 38.2 Å². The first-order valence-corrected chi connectivity index (χ1v) is 15.3. The smallest absolute Gasteiger partial charge is 0.272 e. The minimum Gasteiger partial charge on any atom is -0.492 e. The molecule has 4 aromatic rings. The highest BCUT2D eigenvalue weighted by molar-refractivity contribution is 7.92. The standard InChI is InChI=1S/C30H38N6O5S/c1-30(2,3)20-17-21(28(40-7)22(18-20)34-42(8,38)39)32-29(37)23-16-19-10-9-11-24(27(19)36(23)6)41-26-12-14-31-25(33-26)13-15-35(4)5/h9-12,14,16-18,34H,13,15H2,1-8H3,(H,32,37). The van der Waals surface area contributed by atoms with Gasteiger partial charge in [-0.2, -0.15) is 4.98 Å². The van der Waals surface area contributed by atoms with Crippen LogP contribution in [0.4, 0.5) is 11.4 Å². The van der Waals surface area contributed by atoms with Crippen molar-refractivity contribution in [3.05, 3.63) is 65.7 Å². The molecule has 11 nitrogen and oxygen atoms in total. The first-order chi connectivity index (χ1) is 19.7. The molecule has 0 atom stereocenters. The molecule has 0 spiro atoms. The van der Waals surface area contributed by atoms with Crippen LogP contribution in [0.15, 0.2) is 48.7 Å². The summed E-state index contributed by atoms with van der Waals surface area (Å²) in [5.41, 5.74) is 2.15. The topological polar surface area (TPSA) is 128 Å². The molecule has 0 aliphatic rings. The molecular weight excluding hydrogens is 556 g/mol. The number of amides is 1. The van der Waals surface area contributed by atoms with Crippen molar-refractivity contribution in [2.75, 3.05) is 44.0 Å². The number of hydrogen-bond donors (Lipinski definition) is 2. The third-order valence-electron chi connectivity index (χ3n) is 6.63. The van der Waals surface area contributed by atoms with Crippen LogP contribution < -0.4 is 19.5 Å². The Morgan fingerprint density at radius 3 is 2.45 bits per heavy atom. The van der Waals surface area contributed by atoms with Crippen molar-refractivity contribution in [2.24, 2.45) is 7.05 Å².